The van der Waals surface area contributed by atoms with E-state index in [4.69, 9.17) is 14.4 Å². The molecule has 0 radical (unpaired) electrons. The smallest absolute Gasteiger partial charge is 0.870 e. The molecule has 0 amide bonds. The van der Waals surface area contributed by atoms with Gasteiger partial charge in [-0.05, 0) is 4.57 Å². The van der Waals surface area contributed by atoms with Gasteiger partial charge in [-0.15, -0.1) is 0 Å². The summed E-state index contributed by atoms with van der Waals surface area (Å²) in [6.45, 7) is 0. The number of aromatic amines is 1. The van der Waals surface area contributed by atoms with Gasteiger partial charge in [0.05, 0.1) is 6.20 Å². The van der Waals surface area contributed by atoms with Gasteiger partial charge in [-0.25, -0.2) is 0 Å². The molecular weight excluding hydrogens is 194 g/mol. The number of hydrogen-bond acceptors (Lipinski definition) is 4. The van der Waals surface area contributed by atoms with Crippen molar-refractivity contribution in [3.8, 4) is 0 Å². The third-order valence-corrected chi connectivity index (χ3v) is 0.514. The van der Waals surface area contributed by atoms with Crippen LogP contribution in [0.2, 0.25) is 0 Å². The summed E-state index contributed by atoms with van der Waals surface area (Å²) in [7, 11) is -3.12. The van der Waals surface area contributed by atoms with Crippen LogP contribution in [0.25, 0.3) is 0 Å². The molecular formula is C4H7N2NaO4P+. The van der Waals surface area contributed by atoms with Gasteiger partial charge in [0.1, 0.15) is 6.20 Å². The molecule has 0 aliphatic carbocycles. The summed E-state index contributed by atoms with van der Waals surface area (Å²) in [5.41, 5.74) is 0. The first kappa shape index (κ1) is 18.0. The summed E-state index contributed by atoms with van der Waals surface area (Å²) in [5.74, 6) is 0. The van der Waals surface area contributed by atoms with E-state index in [9.17, 15) is 0 Å². The first-order valence-electron chi connectivity index (χ1n) is 2.33. The van der Waals surface area contributed by atoms with Crippen LogP contribution in [0.1, 0.15) is 0 Å². The average molecular weight is 201 g/mol. The van der Waals surface area contributed by atoms with Crippen molar-refractivity contribution in [1.82, 2.24) is 4.98 Å². The Kier molecular flexibility index (Phi) is 20.4. The van der Waals surface area contributed by atoms with Gasteiger partial charge in [-0.1, -0.05) is 4.98 Å². The number of hydrogen-bond donors (Lipinski definition) is 1. The minimum Gasteiger partial charge on any atom is -0.870 e. The second-order valence-corrected chi connectivity index (χ2v) is 1.67. The van der Waals surface area contributed by atoms with Gasteiger partial charge in [0, 0.05) is 6.07 Å². The van der Waals surface area contributed by atoms with E-state index in [1.165, 1.54) is 0 Å². The maximum Gasteiger partial charge on any atom is 1.00 e. The molecule has 1 rings (SSSR count). The van der Waals surface area contributed by atoms with Crippen LogP contribution >= 0.6 is 8.25 Å². The average Bonchev–Trinajstić information content (AvgIpc) is 1.90. The molecule has 1 atom stereocenters. The molecule has 0 aliphatic heterocycles. The van der Waals surface area contributed by atoms with E-state index in [0.29, 0.717) is 0 Å². The Morgan fingerprint density at radius 1 is 1.58 bits per heavy atom. The van der Waals surface area contributed by atoms with Gasteiger partial charge in [0.25, 0.3) is 6.33 Å². The second-order valence-electron chi connectivity index (χ2n) is 1.19. The molecule has 0 spiro atoms. The Labute approximate surface area is 92.2 Å². The number of nitrogens with zero attached hydrogens (tertiary/aromatic N) is 1. The van der Waals surface area contributed by atoms with Crippen LogP contribution in [0.4, 0.5) is 0 Å². The number of rotatable bonds is 0. The molecule has 0 aromatic carbocycles. The first-order valence-corrected chi connectivity index (χ1v) is 3.46. The minimum atomic E-state index is -3.12. The zero-order chi connectivity index (χ0) is 7.82. The molecule has 3 N–H and O–H groups in total. The van der Waals surface area contributed by atoms with Crippen molar-refractivity contribution in [1.29, 1.82) is 0 Å². The molecule has 1 aromatic rings. The Hall–Kier alpha value is 0.0600. The fourth-order valence-corrected chi connectivity index (χ4v) is 0.277. The van der Waals surface area contributed by atoms with Gasteiger partial charge in [0.15, 0.2) is 0 Å². The van der Waals surface area contributed by atoms with E-state index in [1.807, 2.05) is 12.3 Å². The van der Waals surface area contributed by atoms with Gasteiger partial charge in [-0.2, -0.15) is 4.89 Å². The molecule has 0 saturated heterocycles. The molecule has 0 aliphatic rings. The summed E-state index contributed by atoms with van der Waals surface area (Å²) in [6.07, 6.45) is 5.16. The van der Waals surface area contributed by atoms with Crippen LogP contribution in [0.15, 0.2) is 24.8 Å². The Morgan fingerprint density at radius 3 is 2.17 bits per heavy atom. The van der Waals surface area contributed by atoms with E-state index in [1.54, 1.807) is 12.5 Å². The maximum atomic E-state index is 8.59. The Balaban J connectivity index is -0.000000124. The molecule has 1 heterocycles. The Morgan fingerprint density at radius 2 is 2.08 bits per heavy atom. The standard InChI is InChI=1S/C4H4N2.Na.HO3P.H2O/c1-2-5-4-6-3-1;;1-4(2)3;/h1-4H;;(H,1,2,3);1H2/q;+1;;. The molecule has 8 heteroatoms. The van der Waals surface area contributed by atoms with Crippen LogP contribution in [-0.2, 0) is 4.57 Å². The largest absolute Gasteiger partial charge is 1.00 e. The summed E-state index contributed by atoms with van der Waals surface area (Å²) in [6, 6.07) is 1.83. The molecule has 12 heavy (non-hydrogen) atoms. The van der Waals surface area contributed by atoms with Gasteiger partial charge < -0.3 is 10.4 Å². The van der Waals surface area contributed by atoms with Crippen LogP contribution in [-0.4, -0.2) is 15.4 Å². The zero-order valence-corrected chi connectivity index (χ0v) is 9.31. The van der Waals surface area contributed by atoms with Gasteiger partial charge in [-0.3, -0.25) is 4.98 Å². The van der Waals surface area contributed by atoms with Gasteiger partial charge in [0.2, 0.25) is 0 Å². The molecule has 6 nitrogen and oxygen atoms in total. The quantitative estimate of drug-likeness (QED) is 0.336. The molecule has 0 fully saturated rings. The van der Waals surface area contributed by atoms with Crippen molar-refractivity contribution in [2.75, 3.05) is 0 Å². The predicted molar refractivity (Wildman–Crippen MR) is 32.6 cm³/mol. The molecule has 1 unspecified atom stereocenters. The third kappa shape index (κ3) is 22.5. The van der Waals surface area contributed by atoms with Crippen molar-refractivity contribution < 1.29 is 54.4 Å². The first-order chi connectivity index (χ1) is 4.73. The normalized spacial score (nSPS) is 7.67. The van der Waals surface area contributed by atoms with Crippen molar-refractivity contribution in [3.63, 3.8) is 0 Å². The maximum absolute atomic E-state index is 8.59. The zero-order valence-electron chi connectivity index (χ0n) is 6.41. The molecule has 62 valence electrons. The van der Waals surface area contributed by atoms with Gasteiger partial charge >= 0.3 is 37.8 Å². The van der Waals surface area contributed by atoms with Crippen molar-refractivity contribution in [2.24, 2.45) is 0 Å². The van der Waals surface area contributed by atoms with E-state index in [0.717, 1.165) is 0 Å². The third-order valence-electron chi connectivity index (χ3n) is 0.514. The molecule has 0 saturated carbocycles. The number of nitrogens with one attached hydrogen (secondary N) is 1. The monoisotopic (exact) mass is 201 g/mol. The summed E-state index contributed by atoms with van der Waals surface area (Å²) in [5, 5.41) is 0. The van der Waals surface area contributed by atoms with E-state index >= 15 is 0 Å². The van der Waals surface area contributed by atoms with Crippen LogP contribution in [0, 0.1) is 0 Å². The van der Waals surface area contributed by atoms with Crippen molar-refractivity contribution in [3.05, 3.63) is 24.8 Å². The predicted octanol–water partition coefficient (Wildman–Crippen LogP) is -4.28. The van der Waals surface area contributed by atoms with E-state index in [2.05, 4.69) is 9.97 Å². The second kappa shape index (κ2) is 13.6. The van der Waals surface area contributed by atoms with Crippen LogP contribution in [0.3, 0.4) is 0 Å². The Bertz CT molecular complexity index is 157. The molecule has 1 aromatic heterocycles. The fraction of sp³-hybridized carbons (Fsp3) is 0. The molecule has 0 bridgehead atoms. The topological polar surface area (TPSA) is 117 Å². The van der Waals surface area contributed by atoms with Crippen molar-refractivity contribution in [2.45, 2.75) is 0 Å². The van der Waals surface area contributed by atoms with Crippen LogP contribution < -0.4 is 39.4 Å². The fourth-order valence-electron chi connectivity index (χ4n) is 0.277. The summed E-state index contributed by atoms with van der Waals surface area (Å²) < 4.78 is 8.59. The summed E-state index contributed by atoms with van der Waals surface area (Å²) in [4.78, 5) is 22.1. The van der Waals surface area contributed by atoms with E-state index < -0.39 is 8.25 Å². The van der Waals surface area contributed by atoms with Crippen LogP contribution in [0.5, 0.6) is 0 Å². The van der Waals surface area contributed by atoms with Crippen molar-refractivity contribution >= 4 is 8.25 Å². The number of H-pyrrole nitrogens is 1. The SMILES string of the molecule is O=[P+]([O-])O.[Na+].[OH-].c1cnc[nH+]c1. The van der Waals surface area contributed by atoms with E-state index in [-0.39, 0.29) is 35.0 Å². The number of aromatic nitrogens is 2. The summed E-state index contributed by atoms with van der Waals surface area (Å²) >= 11 is 0. The minimum absolute atomic E-state index is 0.